The number of hydrogen-bond donors (Lipinski definition) is 2. The fourth-order valence-corrected chi connectivity index (χ4v) is 2.88. The second-order valence-corrected chi connectivity index (χ2v) is 7.43. The molecule has 2 amide bonds. The number of ether oxygens (including phenoxy) is 1. The lowest BCUT2D eigenvalue weighted by molar-refractivity contribution is -0.163. The summed E-state index contributed by atoms with van der Waals surface area (Å²) in [6.07, 6.45) is 0.867. The van der Waals surface area contributed by atoms with Crippen LogP contribution >= 0.6 is 0 Å². The van der Waals surface area contributed by atoms with Crippen LogP contribution in [0.1, 0.15) is 51.7 Å². The molecule has 0 spiro atoms. The number of anilines is 1. The summed E-state index contributed by atoms with van der Waals surface area (Å²) in [6.45, 7) is 6.85. The van der Waals surface area contributed by atoms with Crippen molar-refractivity contribution in [2.24, 2.45) is 5.10 Å². The monoisotopic (exact) mass is 343 g/mol. The van der Waals surface area contributed by atoms with Gasteiger partial charge in [-0.1, -0.05) is 6.07 Å². The first kappa shape index (κ1) is 17.1. The molecule has 1 unspecified atom stereocenters. The van der Waals surface area contributed by atoms with Gasteiger partial charge in [0.2, 0.25) is 11.8 Å². The van der Waals surface area contributed by atoms with Crippen LogP contribution < -0.4 is 10.7 Å². The number of fused-ring (bicyclic) bond motifs is 1. The van der Waals surface area contributed by atoms with Crippen LogP contribution in [0.15, 0.2) is 23.3 Å². The summed E-state index contributed by atoms with van der Waals surface area (Å²) < 4.78 is 5.46. The standard InChI is InChI=1S/C18H21N3O4/c1-17(2,3)25-16(24)18(4)11-9-10(5-6-13(11)19-15(18)23)12-7-8-14(22)21-20-12/h5-6,9H,7-8H2,1-4H3,(H,19,23)(H,21,22). The first-order valence-corrected chi connectivity index (χ1v) is 8.16. The van der Waals surface area contributed by atoms with E-state index in [1.54, 1.807) is 39.8 Å². The zero-order chi connectivity index (χ0) is 18.4. The molecule has 0 aliphatic carbocycles. The molecular formula is C18H21N3O4. The van der Waals surface area contributed by atoms with Crippen LogP contribution in [0.5, 0.6) is 0 Å². The maximum Gasteiger partial charge on any atom is 0.326 e. The summed E-state index contributed by atoms with van der Waals surface area (Å²) in [5, 5.41) is 6.82. The zero-order valence-corrected chi connectivity index (χ0v) is 14.7. The number of carbonyl (C=O) groups excluding carboxylic acids is 3. The van der Waals surface area contributed by atoms with Gasteiger partial charge in [-0.15, -0.1) is 0 Å². The smallest absolute Gasteiger partial charge is 0.326 e. The molecule has 2 N–H and O–H groups in total. The summed E-state index contributed by atoms with van der Waals surface area (Å²) in [5.74, 6) is -1.12. The van der Waals surface area contributed by atoms with Gasteiger partial charge in [-0.05, 0) is 45.4 Å². The number of carbonyl (C=O) groups is 3. The van der Waals surface area contributed by atoms with E-state index in [1.165, 1.54) is 0 Å². The molecule has 0 saturated carbocycles. The molecule has 0 radical (unpaired) electrons. The Morgan fingerprint density at radius 3 is 2.56 bits per heavy atom. The van der Waals surface area contributed by atoms with Crippen molar-refractivity contribution < 1.29 is 19.1 Å². The molecule has 7 nitrogen and oxygen atoms in total. The predicted octanol–water partition coefficient (Wildman–Crippen LogP) is 1.85. The maximum atomic E-state index is 12.7. The number of nitrogens with one attached hydrogen (secondary N) is 2. The van der Waals surface area contributed by atoms with E-state index in [-0.39, 0.29) is 5.91 Å². The minimum absolute atomic E-state index is 0.125. The highest BCUT2D eigenvalue weighted by Crippen LogP contribution is 2.40. The van der Waals surface area contributed by atoms with Gasteiger partial charge in [-0.25, -0.2) is 5.43 Å². The van der Waals surface area contributed by atoms with E-state index in [0.29, 0.717) is 29.8 Å². The Morgan fingerprint density at radius 1 is 1.24 bits per heavy atom. The Balaban J connectivity index is 2.01. The average molecular weight is 343 g/mol. The largest absolute Gasteiger partial charge is 0.459 e. The van der Waals surface area contributed by atoms with E-state index in [1.807, 2.05) is 6.07 Å². The highest BCUT2D eigenvalue weighted by atomic mass is 16.6. The third-order valence-corrected chi connectivity index (χ3v) is 4.31. The molecule has 1 aromatic carbocycles. The van der Waals surface area contributed by atoms with Gasteiger partial charge in [0.05, 0.1) is 5.71 Å². The molecule has 1 aromatic rings. The van der Waals surface area contributed by atoms with Crippen LogP contribution in [0.2, 0.25) is 0 Å². The normalized spacial score (nSPS) is 22.6. The second-order valence-electron chi connectivity index (χ2n) is 7.43. The number of amides is 2. The minimum Gasteiger partial charge on any atom is -0.459 e. The van der Waals surface area contributed by atoms with Crippen molar-refractivity contribution in [2.45, 2.75) is 51.6 Å². The SMILES string of the molecule is CC(C)(C)OC(=O)C1(C)C(=O)Nc2ccc(C3=NNC(=O)CC3)cc21. The van der Waals surface area contributed by atoms with Crippen molar-refractivity contribution >= 4 is 29.2 Å². The molecule has 7 heteroatoms. The van der Waals surface area contributed by atoms with E-state index >= 15 is 0 Å². The van der Waals surface area contributed by atoms with Crippen LogP contribution in [0, 0.1) is 0 Å². The molecule has 1 atom stereocenters. The zero-order valence-electron chi connectivity index (χ0n) is 14.7. The van der Waals surface area contributed by atoms with E-state index in [0.717, 1.165) is 5.56 Å². The van der Waals surface area contributed by atoms with Crippen molar-refractivity contribution in [2.75, 3.05) is 5.32 Å². The molecule has 2 aliphatic heterocycles. The van der Waals surface area contributed by atoms with Crippen LogP contribution in [0.3, 0.4) is 0 Å². The van der Waals surface area contributed by atoms with Crippen molar-refractivity contribution in [3.63, 3.8) is 0 Å². The molecule has 0 aromatic heterocycles. The first-order valence-electron chi connectivity index (χ1n) is 8.16. The lowest BCUT2D eigenvalue weighted by Crippen LogP contribution is -2.44. The molecule has 3 rings (SSSR count). The summed E-state index contributed by atoms with van der Waals surface area (Å²) in [4.78, 5) is 36.5. The van der Waals surface area contributed by atoms with Crippen molar-refractivity contribution in [1.29, 1.82) is 0 Å². The van der Waals surface area contributed by atoms with Crippen LogP contribution in [0.4, 0.5) is 5.69 Å². The molecule has 0 fully saturated rings. The molecule has 25 heavy (non-hydrogen) atoms. The van der Waals surface area contributed by atoms with Gasteiger partial charge in [0.15, 0.2) is 5.41 Å². The van der Waals surface area contributed by atoms with Gasteiger partial charge < -0.3 is 10.1 Å². The lowest BCUT2D eigenvalue weighted by atomic mass is 9.82. The number of nitrogens with zero attached hydrogens (tertiary/aromatic N) is 1. The van der Waals surface area contributed by atoms with Gasteiger partial charge in [-0.3, -0.25) is 14.4 Å². The van der Waals surface area contributed by atoms with Crippen LogP contribution in [-0.2, 0) is 24.5 Å². The highest BCUT2D eigenvalue weighted by Gasteiger charge is 2.51. The number of rotatable bonds is 2. The van der Waals surface area contributed by atoms with Gasteiger partial charge in [0.25, 0.3) is 0 Å². The second kappa shape index (κ2) is 5.68. The Kier molecular flexibility index (Phi) is 3.89. The van der Waals surface area contributed by atoms with E-state index in [4.69, 9.17) is 4.74 Å². The maximum absolute atomic E-state index is 12.7. The van der Waals surface area contributed by atoms with Gasteiger partial charge in [0, 0.05) is 24.1 Å². The summed E-state index contributed by atoms with van der Waals surface area (Å²) >= 11 is 0. The fourth-order valence-electron chi connectivity index (χ4n) is 2.88. The molecular weight excluding hydrogens is 322 g/mol. The molecule has 2 heterocycles. The Morgan fingerprint density at radius 2 is 1.96 bits per heavy atom. The van der Waals surface area contributed by atoms with Crippen molar-refractivity contribution in [3.05, 3.63) is 29.3 Å². The van der Waals surface area contributed by atoms with E-state index < -0.39 is 22.9 Å². The summed E-state index contributed by atoms with van der Waals surface area (Å²) in [6, 6.07) is 5.33. The number of hydrazone groups is 1. The minimum atomic E-state index is -1.42. The lowest BCUT2D eigenvalue weighted by Gasteiger charge is -2.27. The Labute approximate surface area is 145 Å². The van der Waals surface area contributed by atoms with E-state index in [2.05, 4.69) is 15.8 Å². The van der Waals surface area contributed by atoms with Gasteiger partial charge in [0.1, 0.15) is 5.60 Å². The summed E-state index contributed by atoms with van der Waals surface area (Å²) in [7, 11) is 0. The quantitative estimate of drug-likeness (QED) is 0.633. The molecule has 0 bridgehead atoms. The van der Waals surface area contributed by atoms with Gasteiger partial charge >= 0.3 is 5.97 Å². The van der Waals surface area contributed by atoms with Crippen LogP contribution in [-0.4, -0.2) is 29.1 Å². The van der Waals surface area contributed by atoms with Crippen molar-refractivity contribution in [3.8, 4) is 0 Å². The summed E-state index contributed by atoms with van der Waals surface area (Å²) in [5.41, 5.74) is 2.97. The topological polar surface area (TPSA) is 96.9 Å². The fraction of sp³-hybridized carbons (Fsp3) is 0.444. The van der Waals surface area contributed by atoms with E-state index in [9.17, 15) is 14.4 Å². The third kappa shape index (κ3) is 3.01. The number of benzene rings is 1. The Bertz CT molecular complexity index is 807. The Hall–Kier alpha value is -2.70. The molecule has 0 saturated heterocycles. The first-order chi connectivity index (χ1) is 11.6. The van der Waals surface area contributed by atoms with Gasteiger partial charge in [-0.2, -0.15) is 5.10 Å². The highest BCUT2D eigenvalue weighted by molar-refractivity contribution is 6.19. The average Bonchev–Trinajstić information content (AvgIpc) is 2.78. The van der Waals surface area contributed by atoms with Crippen LogP contribution in [0.25, 0.3) is 0 Å². The molecule has 2 aliphatic rings. The van der Waals surface area contributed by atoms with Crippen molar-refractivity contribution in [1.82, 2.24) is 5.43 Å². The number of esters is 1. The molecule has 132 valence electrons. The third-order valence-electron chi connectivity index (χ3n) is 4.31. The number of hydrogen-bond acceptors (Lipinski definition) is 5. The predicted molar refractivity (Wildman–Crippen MR) is 92.2 cm³/mol.